The Bertz CT molecular complexity index is 378. The average Bonchev–Trinajstić information content (AvgIpc) is 2.17. The van der Waals surface area contributed by atoms with Crippen LogP contribution in [0.1, 0.15) is 33.4 Å². The lowest BCUT2D eigenvalue weighted by Crippen LogP contribution is -2.14. The van der Waals surface area contributed by atoms with Crippen LogP contribution in [0.2, 0.25) is 0 Å². The number of nitrogens with zero attached hydrogens (tertiary/aromatic N) is 2. The van der Waals surface area contributed by atoms with Crippen LogP contribution < -0.4 is 11.1 Å². The number of anilines is 1. The first-order valence-corrected chi connectivity index (χ1v) is 5.51. The van der Waals surface area contributed by atoms with Crippen molar-refractivity contribution in [3.8, 4) is 0 Å². The third-order valence-corrected chi connectivity index (χ3v) is 2.19. The third kappa shape index (κ3) is 3.31. The van der Waals surface area contributed by atoms with Crippen LogP contribution in [0, 0.1) is 0 Å². The Balaban J connectivity index is 3.02. The van der Waals surface area contributed by atoms with Crippen LogP contribution in [0.15, 0.2) is 17.8 Å². The van der Waals surface area contributed by atoms with Crippen molar-refractivity contribution in [3.05, 3.63) is 23.5 Å². The molecule has 0 fully saturated rings. The molecule has 4 nitrogen and oxygen atoms in total. The van der Waals surface area contributed by atoms with E-state index in [2.05, 4.69) is 29.1 Å². The minimum Gasteiger partial charge on any atom is -0.352 e. The van der Waals surface area contributed by atoms with Gasteiger partial charge in [-0.05, 0) is 39.3 Å². The van der Waals surface area contributed by atoms with Gasteiger partial charge < -0.3 is 11.1 Å². The zero-order valence-electron chi connectivity index (χ0n) is 10.4. The number of hydrogen-bond acceptors (Lipinski definition) is 4. The van der Waals surface area contributed by atoms with Gasteiger partial charge in [-0.3, -0.25) is 0 Å². The van der Waals surface area contributed by atoms with Crippen molar-refractivity contribution in [2.75, 3.05) is 11.9 Å². The van der Waals surface area contributed by atoms with E-state index < -0.39 is 0 Å². The molecule has 16 heavy (non-hydrogen) atoms. The second-order valence-electron chi connectivity index (χ2n) is 4.25. The predicted octanol–water partition coefficient (Wildman–Crippen LogP) is 2.05. The molecular formula is C12H20N4. The summed E-state index contributed by atoms with van der Waals surface area (Å²) in [5, 5.41) is 3.18. The summed E-state index contributed by atoms with van der Waals surface area (Å²) in [5.74, 6) is 0.653. The van der Waals surface area contributed by atoms with E-state index in [4.69, 9.17) is 5.73 Å². The van der Waals surface area contributed by atoms with Crippen LogP contribution in [0.4, 0.5) is 5.95 Å². The molecule has 0 bridgehead atoms. The summed E-state index contributed by atoms with van der Waals surface area (Å²) in [4.78, 5) is 8.62. The van der Waals surface area contributed by atoms with Gasteiger partial charge in [-0.1, -0.05) is 5.57 Å². The summed E-state index contributed by atoms with van der Waals surface area (Å²) in [6.07, 6.45) is 1.76. The van der Waals surface area contributed by atoms with Gasteiger partial charge in [-0.25, -0.2) is 9.97 Å². The molecule has 0 amide bonds. The van der Waals surface area contributed by atoms with Crippen molar-refractivity contribution in [2.24, 2.45) is 5.73 Å². The molecular weight excluding hydrogens is 200 g/mol. The molecule has 0 spiro atoms. The van der Waals surface area contributed by atoms with Crippen molar-refractivity contribution in [1.82, 2.24) is 9.97 Å². The molecule has 0 aromatic carbocycles. The SMILES string of the molecule is CC(C)=C(CN)c1ccnc(NC(C)C)n1. The molecule has 0 atom stereocenters. The van der Waals surface area contributed by atoms with Crippen molar-refractivity contribution < 1.29 is 0 Å². The number of aromatic nitrogens is 2. The van der Waals surface area contributed by atoms with Gasteiger partial charge in [0.05, 0.1) is 5.69 Å². The number of nitrogens with one attached hydrogen (secondary N) is 1. The van der Waals surface area contributed by atoms with E-state index >= 15 is 0 Å². The van der Waals surface area contributed by atoms with Gasteiger partial charge in [0, 0.05) is 18.8 Å². The molecule has 0 aliphatic heterocycles. The highest BCUT2D eigenvalue weighted by Crippen LogP contribution is 2.15. The maximum absolute atomic E-state index is 5.72. The highest BCUT2D eigenvalue weighted by atomic mass is 15.1. The van der Waals surface area contributed by atoms with Gasteiger partial charge in [-0.15, -0.1) is 0 Å². The van der Waals surface area contributed by atoms with E-state index in [1.807, 2.05) is 19.9 Å². The minimum absolute atomic E-state index is 0.322. The molecule has 1 aromatic heterocycles. The van der Waals surface area contributed by atoms with E-state index in [0.29, 0.717) is 18.5 Å². The van der Waals surface area contributed by atoms with Crippen molar-refractivity contribution >= 4 is 11.5 Å². The molecule has 3 N–H and O–H groups in total. The Morgan fingerprint density at radius 1 is 1.44 bits per heavy atom. The number of rotatable bonds is 4. The fourth-order valence-corrected chi connectivity index (χ4v) is 1.42. The maximum Gasteiger partial charge on any atom is 0.223 e. The quantitative estimate of drug-likeness (QED) is 0.815. The van der Waals surface area contributed by atoms with Crippen LogP contribution in [0.5, 0.6) is 0 Å². The Morgan fingerprint density at radius 2 is 2.12 bits per heavy atom. The molecule has 0 saturated carbocycles. The summed E-state index contributed by atoms with van der Waals surface area (Å²) >= 11 is 0. The largest absolute Gasteiger partial charge is 0.352 e. The van der Waals surface area contributed by atoms with Crippen LogP contribution in [0.3, 0.4) is 0 Å². The molecule has 4 heteroatoms. The Labute approximate surface area is 97.0 Å². The van der Waals surface area contributed by atoms with Crippen LogP contribution in [-0.4, -0.2) is 22.6 Å². The van der Waals surface area contributed by atoms with Crippen LogP contribution in [-0.2, 0) is 0 Å². The van der Waals surface area contributed by atoms with Crippen molar-refractivity contribution in [1.29, 1.82) is 0 Å². The predicted molar refractivity (Wildman–Crippen MR) is 68.1 cm³/mol. The molecule has 0 unspecified atom stereocenters. The first-order valence-electron chi connectivity index (χ1n) is 5.51. The lowest BCUT2D eigenvalue weighted by Gasteiger charge is -2.11. The number of nitrogens with two attached hydrogens (primary N) is 1. The van der Waals surface area contributed by atoms with Gasteiger partial charge in [-0.2, -0.15) is 0 Å². The zero-order valence-corrected chi connectivity index (χ0v) is 10.4. The average molecular weight is 220 g/mol. The van der Waals surface area contributed by atoms with Crippen LogP contribution >= 0.6 is 0 Å². The Kier molecular flexibility index (Phi) is 4.43. The lowest BCUT2D eigenvalue weighted by molar-refractivity contribution is 0.872. The highest BCUT2D eigenvalue weighted by molar-refractivity contribution is 5.66. The molecule has 0 saturated heterocycles. The van der Waals surface area contributed by atoms with E-state index in [1.54, 1.807) is 6.20 Å². The molecule has 0 aliphatic rings. The molecule has 1 rings (SSSR count). The topological polar surface area (TPSA) is 63.8 Å². The van der Waals surface area contributed by atoms with Gasteiger partial charge in [0.2, 0.25) is 5.95 Å². The fraction of sp³-hybridized carbons (Fsp3) is 0.500. The molecule has 88 valence electrons. The summed E-state index contributed by atoms with van der Waals surface area (Å²) in [6.45, 7) is 8.70. The number of hydrogen-bond donors (Lipinski definition) is 2. The van der Waals surface area contributed by atoms with Crippen molar-refractivity contribution in [3.63, 3.8) is 0 Å². The summed E-state index contributed by atoms with van der Waals surface area (Å²) in [6, 6.07) is 2.21. The normalized spacial score (nSPS) is 10.4. The monoisotopic (exact) mass is 220 g/mol. The highest BCUT2D eigenvalue weighted by Gasteiger charge is 2.05. The second-order valence-corrected chi connectivity index (χ2v) is 4.25. The van der Waals surface area contributed by atoms with Gasteiger partial charge in [0.25, 0.3) is 0 Å². The molecule has 1 aromatic rings. The Morgan fingerprint density at radius 3 is 2.62 bits per heavy atom. The second kappa shape index (κ2) is 5.61. The van der Waals surface area contributed by atoms with E-state index in [-0.39, 0.29) is 0 Å². The maximum atomic E-state index is 5.72. The fourth-order valence-electron chi connectivity index (χ4n) is 1.42. The molecule has 1 heterocycles. The van der Waals surface area contributed by atoms with Gasteiger partial charge in [0.1, 0.15) is 0 Å². The standard InChI is InChI=1S/C12H20N4/c1-8(2)10(7-13)11-5-6-14-12(16-11)15-9(3)4/h5-6,9H,7,13H2,1-4H3,(H,14,15,16). The van der Waals surface area contributed by atoms with E-state index in [1.165, 1.54) is 5.57 Å². The first-order chi connectivity index (χ1) is 7.54. The third-order valence-electron chi connectivity index (χ3n) is 2.19. The zero-order chi connectivity index (χ0) is 12.1. The smallest absolute Gasteiger partial charge is 0.223 e. The molecule has 0 aliphatic carbocycles. The van der Waals surface area contributed by atoms with Crippen LogP contribution in [0.25, 0.3) is 5.57 Å². The Hall–Kier alpha value is -1.42. The summed E-state index contributed by atoms with van der Waals surface area (Å²) in [7, 11) is 0. The van der Waals surface area contributed by atoms with Crippen molar-refractivity contribution in [2.45, 2.75) is 33.7 Å². The minimum atomic E-state index is 0.322. The van der Waals surface area contributed by atoms with E-state index in [0.717, 1.165) is 11.3 Å². The summed E-state index contributed by atoms with van der Waals surface area (Å²) in [5.41, 5.74) is 8.89. The van der Waals surface area contributed by atoms with Gasteiger partial charge in [0.15, 0.2) is 0 Å². The van der Waals surface area contributed by atoms with E-state index in [9.17, 15) is 0 Å². The number of allylic oxidation sites excluding steroid dienone is 1. The first kappa shape index (κ1) is 12.6. The lowest BCUT2D eigenvalue weighted by atomic mass is 10.1. The van der Waals surface area contributed by atoms with Gasteiger partial charge >= 0.3 is 0 Å². The summed E-state index contributed by atoms with van der Waals surface area (Å²) < 4.78 is 0. The molecule has 0 radical (unpaired) electrons.